The van der Waals surface area contributed by atoms with Crippen molar-refractivity contribution in [2.24, 2.45) is 10.9 Å². The van der Waals surface area contributed by atoms with Crippen LogP contribution < -0.4 is 10.6 Å². The molecule has 1 aliphatic rings. The van der Waals surface area contributed by atoms with E-state index in [1.807, 2.05) is 13.0 Å². The van der Waals surface area contributed by atoms with E-state index in [1.165, 1.54) is 24.6 Å². The van der Waals surface area contributed by atoms with Crippen molar-refractivity contribution < 1.29 is 4.39 Å². The molecule has 0 aliphatic carbocycles. The maximum atomic E-state index is 13.2. The molecule has 134 valence electrons. The van der Waals surface area contributed by atoms with Gasteiger partial charge in [-0.15, -0.1) is 0 Å². The van der Waals surface area contributed by atoms with Crippen LogP contribution in [0, 0.1) is 18.7 Å². The van der Waals surface area contributed by atoms with E-state index in [9.17, 15) is 4.39 Å². The fraction of sp³-hybridized carbons (Fsp3) is 0.632. The third-order valence-corrected chi connectivity index (χ3v) is 4.66. The highest BCUT2D eigenvalue weighted by Gasteiger charge is 2.20. The first-order valence-corrected chi connectivity index (χ1v) is 9.12. The molecule has 0 spiro atoms. The second-order valence-electron chi connectivity index (χ2n) is 6.52. The molecule has 1 saturated heterocycles. The monoisotopic (exact) mass is 334 g/mol. The van der Waals surface area contributed by atoms with Crippen LogP contribution in [0.4, 0.5) is 4.39 Å². The molecule has 0 amide bonds. The van der Waals surface area contributed by atoms with E-state index in [2.05, 4.69) is 29.4 Å². The Hall–Kier alpha value is -1.62. The van der Waals surface area contributed by atoms with Gasteiger partial charge >= 0.3 is 0 Å². The zero-order chi connectivity index (χ0) is 17.4. The van der Waals surface area contributed by atoms with Crippen LogP contribution in [0.25, 0.3) is 0 Å². The molecule has 1 aromatic rings. The standard InChI is InChI=1S/C19H31FN4/c1-4-21-19(23-13-16-9-11-24(5-2)14-16)22-10-8-17-6-7-18(20)12-15(17)3/h6-7,12,16H,4-5,8-11,13-14H2,1-3H3,(H2,21,22,23). The van der Waals surface area contributed by atoms with Crippen molar-refractivity contribution in [3.63, 3.8) is 0 Å². The number of benzene rings is 1. The number of halogens is 1. The van der Waals surface area contributed by atoms with Gasteiger partial charge in [0.1, 0.15) is 5.82 Å². The molecule has 0 aromatic heterocycles. The van der Waals surface area contributed by atoms with Crippen LogP contribution in [0.2, 0.25) is 0 Å². The number of hydrogen-bond donors (Lipinski definition) is 2. The first-order valence-electron chi connectivity index (χ1n) is 9.12. The van der Waals surface area contributed by atoms with Crippen molar-refractivity contribution in [1.29, 1.82) is 0 Å². The summed E-state index contributed by atoms with van der Waals surface area (Å²) in [5.41, 5.74) is 2.18. The van der Waals surface area contributed by atoms with E-state index in [4.69, 9.17) is 4.99 Å². The van der Waals surface area contributed by atoms with Crippen molar-refractivity contribution >= 4 is 5.96 Å². The van der Waals surface area contributed by atoms with Crippen LogP contribution in [0.1, 0.15) is 31.4 Å². The number of likely N-dealkylation sites (tertiary alicyclic amines) is 1. The lowest BCUT2D eigenvalue weighted by molar-refractivity contribution is 0.343. The Bertz CT molecular complexity index is 544. The van der Waals surface area contributed by atoms with E-state index in [0.717, 1.165) is 50.7 Å². The van der Waals surface area contributed by atoms with E-state index < -0.39 is 0 Å². The Balaban J connectivity index is 1.81. The molecule has 5 heteroatoms. The molecule has 0 bridgehead atoms. The minimum atomic E-state index is -0.170. The molecule has 1 aromatic carbocycles. The Labute approximate surface area is 145 Å². The topological polar surface area (TPSA) is 39.7 Å². The highest BCUT2D eigenvalue weighted by atomic mass is 19.1. The smallest absolute Gasteiger partial charge is 0.191 e. The molecule has 1 fully saturated rings. The van der Waals surface area contributed by atoms with Crippen molar-refractivity contribution in [3.8, 4) is 0 Å². The second-order valence-corrected chi connectivity index (χ2v) is 6.52. The summed E-state index contributed by atoms with van der Waals surface area (Å²) in [6.07, 6.45) is 2.11. The van der Waals surface area contributed by atoms with E-state index >= 15 is 0 Å². The van der Waals surface area contributed by atoms with Crippen molar-refractivity contribution in [1.82, 2.24) is 15.5 Å². The predicted octanol–water partition coefficient (Wildman–Crippen LogP) is 2.57. The molecule has 0 radical (unpaired) electrons. The van der Waals surface area contributed by atoms with Gasteiger partial charge in [0, 0.05) is 26.2 Å². The Morgan fingerprint density at radius 2 is 2.17 bits per heavy atom. The van der Waals surface area contributed by atoms with Gasteiger partial charge in [-0.1, -0.05) is 13.0 Å². The Morgan fingerprint density at radius 1 is 1.33 bits per heavy atom. The van der Waals surface area contributed by atoms with Crippen molar-refractivity contribution in [2.45, 2.75) is 33.6 Å². The summed E-state index contributed by atoms with van der Waals surface area (Å²) in [5.74, 6) is 1.38. The van der Waals surface area contributed by atoms with E-state index in [-0.39, 0.29) is 5.82 Å². The van der Waals surface area contributed by atoms with Gasteiger partial charge in [0.05, 0.1) is 0 Å². The molecular formula is C19H31FN4. The zero-order valence-electron chi connectivity index (χ0n) is 15.2. The summed E-state index contributed by atoms with van der Waals surface area (Å²) in [6, 6.07) is 4.99. The van der Waals surface area contributed by atoms with Crippen molar-refractivity contribution in [3.05, 3.63) is 35.1 Å². The minimum absolute atomic E-state index is 0.170. The highest BCUT2D eigenvalue weighted by Crippen LogP contribution is 2.15. The normalized spacial score (nSPS) is 18.8. The van der Waals surface area contributed by atoms with Crippen LogP contribution in [-0.2, 0) is 6.42 Å². The summed E-state index contributed by atoms with van der Waals surface area (Å²) < 4.78 is 13.2. The maximum Gasteiger partial charge on any atom is 0.191 e. The summed E-state index contributed by atoms with van der Waals surface area (Å²) in [4.78, 5) is 7.22. The molecule has 1 heterocycles. The number of aliphatic imine (C=N–C) groups is 1. The zero-order valence-corrected chi connectivity index (χ0v) is 15.2. The van der Waals surface area contributed by atoms with Gasteiger partial charge in [-0.25, -0.2) is 4.39 Å². The average Bonchev–Trinajstić information content (AvgIpc) is 3.02. The largest absolute Gasteiger partial charge is 0.357 e. The first-order chi connectivity index (χ1) is 11.6. The first kappa shape index (κ1) is 18.7. The summed E-state index contributed by atoms with van der Waals surface area (Å²) >= 11 is 0. The predicted molar refractivity (Wildman–Crippen MR) is 99.0 cm³/mol. The number of aryl methyl sites for hydroxylation is 1. The summed E-state index contributed by atoms with van der Waals surface area (Å²) in [6.45, 7) is 12.3. The lowest BCUT2D eigenvalue weighted by Crippen LogP contribution is -2.38. The van der Waals surface area contributed by atoms with Gasteiger partial charge in [0.25, 0.3) is 0 Å². The van der Waals surface area contributed by atoms with Gasteiger partial charge in [0.15, 0.2) is 5.96 Å². The highest BCUT2D eigenvalue weighted by molar-refractivity contribution is 5.79. The Kier molecular flexibility index (Phi) is 7.50. The summed E-state index contributed by atoms with van der Waals surface area (Å²) in [5, 5.41) is 6.70. The fourth-order valence-corrected chi connectivity index (χ4v) is 3.17. The molecule has 1 unspecified atom stereocenters. The maximum absolute atomic E-state index is 13.2. The number of rotatable bonds is 7. The molecule has 2 N–H and O–H groups in total. The van der Waals surface area contributed by atoms with Gasteiger partial charge in [-0.3, -0.25) is 4.99 Å². The second kappa shape index (κ2) is 9.62. The molecular weight excluding hydrogens is 303 g/mol. The molecule has 2 rings (SSSR count). The van der Waals surface area contributed by atoms with E-state index in [1.54, 1.807) is 6.07 Å². The van der Waals surface area contributed by atoms with E-state index in [0.29, 0.717) is 5.92 Å². The van der Waals surface area contributed by atoms with Crippen LogP contribution in [0.3, 0.4) is 0 Å². The molecule has 1 atom stereocenters. The van der Waals surface area contributed by atoms with Crippen LogP contribution in [0.15, 0.2) is 23.2 Å². The summed E-state index contributed by atoms with van der Waals surface area (Å²) in [7, 11) is 0. The van der Waals surface area contributed by atoms with Gasteiger partial charge in [0.2, 0.25) is 0 Å². The molecule has 1 aliphatic heterocycles. The van der Waals surface area contributed by atoms with Crippen molar-refractivity contribution in [2.75, 3.05) is 39.3 Å². The fourth-order valence-electron chi connectivity index (χ4n) is 3.17. The molecule has 4 nitrogen and oxygen atoms in total. The number of nitrogens with one attached hydrogen (secondary N) is 2. The van der Waals surface area contributed by atoms with Gasteiger partial charge in [-0.05, 0) is 69.0 Å². The molecule has 24 heavy (non-hydrogen) atoms. The van der Waals surface area contributed by atoms with Crippen LogP contribution in [-0.4, -0.2) is 50.1 Å². The van der Waals surface area contributed by atoms with Gasteiger partial charge in [-0.2, -0.15) is 0 Å². The Morgan fingerprint density at radius 3 is 2.83 bits per heavy atom. The lowest BCUT2D eigenvalue weighted by atomic mass is 10.1. The lowest BCUT2D eigenvalue weighted by Gasteiger charge is -2.14. The van der Waals surface area contributed by atoms with Crippen LogP contribution in [0.5, 0.6) is 0 Å². The SMILES string of the molecule is CCNC(=NCC1CCN(CC)C1)NCCc1ccc(F)cc1C. The molecule has 0 saturated carbocycles. The number of hydrogen-bond acceptors (Lipinski definition) is 2. The number of nitrogens with zero attached hydrogens (tertiary/aromatic N) is 2. The number of guanidine groups is 1. The average molecular weight is 334 g/mol. The quantitative estimate of drug-likeness (QED) is 0.595. The third-order valence-electron chi connectivity index (χ3n) is 4.66. The van der Waals surface area contributed by atoms with Gasteiger partial charge < -0.3 is 15.5 Å². The minimum Gasteiger partial charge on any atom is -0.357 e. The van der Waals surface area contributed by atoms with Crippen LogP contribution >= 0.6 is 0 Å². The third kappa shape index (κ3) is 5.78.